The van der Waals surface area contributed by atoms with Gasteiger partial charge < -0.3 is 15.5 Å². The van der Waals surface area contributed by atoms with Gasteiger partial charge >= 0.3 is 11.8 Å². The van der Waals surface area contributed by atoms with Gasteiger partial charge in [-0.2, -0.15) is 5.26 Å². The van der Waals surface area contributed by atoms with E-state index in [0.29, 0.717) is 23.7 Å². The van der Waals surface area contributed by atoms with Gasteiger partial charge in [0.1, 0.15) is 6.07 Å². The Morgan fingerprint density at radius 2 is 1.96 bits per heavy atom. The Bertz CT molecular complexity index is 842. The van der Waals surface area contributed by atoms with Crippen LogP contribution in [-0.4, -0.2) is 46.4 Å². The highest BCUT2D eigenvalue weighted by Crippen LogP contribution is 2.22. The van der Waals surface area contributed by atoms with E-state index < -0.39 is 11.8 Å². The van der Waals surface area contributed by atoms with Gasteiger partial charge in [-0.25, -0.2) is 9.97 Å². The van der Waals surface area contributed by atoms with E-state index in [9.17, 15) is 9.59 Å². The van der Waals surface area contributed by atoms with Crippen molar-refractivity contribution in [3.63, 3.8) is 0 Å². The SMILES string of the molecule is N#Cc1nccnc1N1CCC(CNC(=O)C(=O)Nc2cccnc2)CC1. The minimum atomic E-state index is -0.710. The van der Waals surface area contributed by atoms with Crippen molar-refractivity contribution < 1.29 is 9.59 Å². The second-order valence-corrected chi connectivity index (χ2v) is 6.18. The van der Waals surface area contributed by atoms with Gasteiger partial charge in [0.25, 0.3) is 0 Å². The van der Waals surface area contributed by atoms with Gasteiger partial charge in [-0.1, -0.05) is 0 Å². The van der Waals surface area contributed by atoms with E-state index in [4.69, 9.17) is 5.26 Å². The lowest BCUT2D eigenvalue weighted by atomic mass is 9.96. The molecule has 0 atom stereocenters. The summed E-state index contributed by atoms with van der Waals surface area (Å²) in [5.41, 5.74) is 0.791. The largest absolute Gasteiger partial charge is 0.354 e. The van der Waals surface area contributed by atoms with E-state index in [2.05, 4.69) is 31.7 Å². The highest BCUT2D eigenvalue weighted by atomic mass is 16.2. The van der Waals surface area contributed by atoms with Crippen molar-refractivity contribution in [2.24, 2.45) is 5.92 Å². The van der Waals surface area contributed by atoms with Crippen molar-refractivity contribution in [3.05, 3.63) is 42.6 Å². The van der Waals surface area contributed by atoms with Crippen LogP contribution >= 0.6 is 0 Å². The fourth-order valence-electron chi connectivity index (χ4n) is 2.93. The van der Waals surface area contributed by atoms with Gasteiger partial charge in [0.2, 0.25) is 0 Å². The smallest absolute Gasteiger partial charge is 0.313 e. The third-order valence-corrected chi connectivity index (χ3v) is 4.38. The van der Waals surface area contributed by atoms with Crippen molar-refractivity contribution in [3.8, 4) is 6.07 Å². The van der Waals surface area contributed by atoms with Gasteiger partial charge in [0, 0.05) is 38.2 Å². The average molecular weight is 365 g/mol. The zero-order valence-electron chi connectivity index (χ0n) is 14.6. The van der Waals surface area contributed by atoms with Gasteiger partial charge in [0.15, 0.2) is 11.5 Å². The Morgan fingerprint density at radius 3 is 2.67 bits per heavy atom. The number of amides is 2. The monoisotopic (exact) mass is 365 g/mol. The first-order chi connectivity index (χ1) is 13.2. The summed E-state index contributed by atoms with van der Waals surface area (Å²) in [5, 5.41) is 14.3. The molecular formula is C18H19N7O2. The Morgan fingerprint density at radius 1 is 1.19 bits per heavy atom. The molecule has 0 aromatic carbocycles. The molecule has 9 nitrogen and oxygen atoms in total. The molecule has 0 unspecified atom stereocenters. The molecule has 138 valence electrons. The predicted octanol–water partition coefficient (Wildman–Crippen LogP) is 0.715. The normalized spacial score (nSPS) is 14.3. The predicted molar refractivity (Wildman–Crippen MR) is 97.6 cm³/mol. The van der Waals surface area contributed by atoms with Gasteiger partial charge in [-0.3, -0.25) is 14.6 Å². The topological polar surface area (TPSA) is 124 Å². The number of nitriles is 1. The summed E-state index contributed by atoms with van der Waals surface area (Å²) < 4.78 is 0. The number of hydrogen-bond donors (Lipinski definition) is 2. The number of rotatable bonds is 4. The Balaban J connectivity index is 1.45. The molecular weight excluding hydrogens is 346 g/mol. The first-order valence-electron chi connectivity index (χ1n) is 8.62. The Labute approximate surface area is 156 Å². The molecule has 1 saturated heterocycles. The highest BCUT2D eigenvalue weighted by Gasteiger charge is 2.23. The molecule has 0 saturated carbocycles. The van der Waals surface area contributed by atoms with E-state index in [1.54, 1.807) is 24.5 Å². The van der Waals surface area contributed by atoms with E-state index in [0.717, 1.165) is 25.9 Å². The molecule has 9 heteroatoms. The van der Waals surface area contributed by atoms with Crippen LogP contribution in [0.25, 0.3) is 0 Å². The summed E-state index contributed by atoms with van der Waals surface area (Å²) in [6, 6.07) is 5.39. The number of piperidine rings is 1. The average Bonchev–Trinajstić information content (AvgIpc) is 2.73. The molecule has 3 rings (SSSR count). The van der Waals surface area contributed by atoms with Gasteiger partial charge in [0.05, 0.1) is 11.9 Å². The molecule has 0 bridgehead atoms. The Hall–Kier alpha value is -3.54. The number of carbonyl (C=O) groups is 2. The van der Waals surface area contributed by atoms with E-state index >= 15 is 0 Å². The van der Waals surface area contributed by atoms with Gasteiger partial charge in [-0.05, 0) is 30.9 Å². The molecule has 0 aliphatic carbocycles. The van der Waals surface area contributed by atoms with Crippen LogP contribution in [0, 0.1) is 17.2 Å². The van der Waals surface area contributed by atoms with Crippen LogP contribution in [-0.2, 0) is 9.59 Å². The number of anilines is 2. The van der Waals surface area contributed by atoms with Crippen LogP contribution < -0.4 is 15.5 Å². The van der Waals surface area contributed by atoms with Crippen molar-refractivity contribution in [2.45, 2.75) is 12.8 Å². The lowest BCUT2D eigenvalue weighted by molar-refractivity contribution is -0.136. The van der Waals surface area contributed by atoms with Crippen molar-refractivity contribution in [1.29, 1.82) is 5.26 Å². The maximum Gasteiger partial charge on any atom is 0.313 e. The maximum atomic E-state index is 12.0. The second-order valence-electron chi connectivity index (χ2n) is 6.18. The van der Waals surface area contributed by atoms with Crippen LogP contribution in [0.4, 0.5) is 11.5 Å². The zero-order chi connectivity index (χ0) is 19.1. The molecule has 0 spiro atoms. The second kappa shape index (κ2) is 8.71. The van der Waals surface area contributed by atoms with E-state index in [1.807, 2.05) is 4.90 Å². The molecule has 2 amide bonds. The first kappa shape index (κ1) is 18.3. The summed E-state index contributed by atoms with van der Waals surface area (Å²) in [6.07, 6.45) is 7.79. The summed E-state index contributed by atoms with van der Waals surface area (Å²) in [6.45, 7) is 1.87. The van der Waals surface area contributed by atoms with E-state index in [-0.39, 0.29) is 5.92 Å². The summed E-state index contributed by atoms with van der Waals surface area (Å²) >= 11 is 0. The number of pyridine rings is 1. The van der Waals surface area contributed by atoms with Crippen molar-refractivity contribution in [1.82, 2.24) is 20.3 Å². The molecule has 3 heterocycles. The standard InChI is InChI=1S/C18H19N7O2/c19-10-15-16(22-7-6-21-15)25-8-3-13(4-9-25)11-23-17(26)18(27)24-14-2-1-5-20-12-14/h1-2,5-7,12-13H,3-4,8-9,11H2,(H,23,26)(H,24,27). The zero-order valence-corrected chi connectivity index (χ0v) is 14.6. The molecule has 2 aromatic rings. The lowest BCUT2D eigenvalue weighted by Gasteiger charge is -2.32. The quantitative estimate of drug-likeness (QED) is 0.765. The number of aromatic nitrogens is 3. The third-order valence-electron chi connectivity index (χ3n) is 4.38. The fraction of sp³-hybridized carbons (Fsp3) is 0.333. The van der Waals surface area contributed by atoms with Crippen LogP contribution in [0.1, 0.15) is 18.5 Å². The van der Waals surface area contributed by atoms with Crippen LogP contribution in [0.2, 0.25) is 0 Å². The summed E-state index contributed by atoms with van der Waals surface area (Å²) in [5.74, 6) is -0.516. The van der Waals surface area contributed by atoms with Gasteiger partial charge in [-0.15, -0.1) is 0 Å². The summed E-state index contributed by atoms with van der Waals surface area (Å²) in [7, 11) is 0. The summed E-state index contributed by atoms with van der Waals surface area (Å²) in [4.78, 5) is 38.0. The molecule has 2 N–H and O–H groups in total. The fourth-order valence-corrected chi connectivity index (χ4v) is 2.93. The molecule has 2 aromatic heterocycles. The first-order valence-corrected chi connectivity index (χ1v) is 8.62. The van der Waals surface area contributed by atoms with Crippen molar-refractivity contribution in [2.75, 3.05) is 29.9 Å². The van der Waals surface area contributed by atoms with Crippen LogP contribution in [0.3, 0.4) is 0 Å². The Kier molecular flexibility index (Phi) is 5.89. The van der Waals surface area contributed by atoms with Crippen LogP contribution in [0.5, 0.6) is 0 Å². The molecule has 27 heavy (non-hydrogen) atoms. The third kappa shape index (κ3) is 4.76. The van der Waals surface area contributed by atoms with Crippen molar-refractivity contribution >= 4 is 23.3 Å². The van der Waals surface area contributed by atoms with Crippen LogP contribution in [0.15, 0.2) is 36.9 Å². The molecule has 1 aliphatic heterocycles. The minimum absolute atomic E-state index is 0.263. The number of hydrogen-bond acceptors (Lipinski definition) is 7. The molecule has 1 aliphatic rings. The molecule has 0 radical (unpaired) electrons. The molecule has 1 fully saturated rings. The number of carbonyl (C=O) groups excluding carboxylic acids is 2. The highest BCUT2D eigenvalue weighted by molar-refractivity contribution is 6.39. The number of nitrogens with zero attached hydrogens (tertiary/aromatic N) is 5. The lowest BCUT2D eigenvalue weighted by Crippen LogP contribution is -2.42. The number of nitrogens with one attached hydrogen (secondary N) is 2. The van der Waals surface area contributed by atoms with E-state index in [1.165, 1.54) is 12.4 Å². The minimum Gasteiger partial charge on any atom is -0.354 e. The maximum absolute atomic E-state index is 12.0.